The van der Waals surface area contributed by atoms with Crippen LogP contribution in [-0.2, 0) is 4.79 Å². The molecule has 0 aliphatic carbocycles. The van der Waals surface area contributed by atoms with E-state index in [9.17, 15) is 19.7 Å². The second-order valence-corrected chi connectivity index (χ2v) is 7.20. The molecule has 2 amide bonds. The molecule has 27 heavy (non-hydrogen) atoms. The van der Waals surface area contributed by atoms with Crippen LogP contribution in [0.5, 0.6) is 0 Å². The van der Waals surface area contributed by atoms with Crippen molar-refractivity contribution in [1.29, 1.82) is 0 Å². The Kier molecular flexibility index (Phi) is 5.85. The summed E-state index contributed by atoms with van der Waals surface area (Å²) in [6.07, 6.45) is 1.12. The summed E-state index contributed by atoms with van der Waals surface area (Å²) < 4.78 is 0.334. The topological polar surface area (TPSA) is 92.6 Å². The van der Waals surface area contributed by atoms with Crippen molar-refractivity contribution in [2.45, 2.75) is 12.8 Å². The van der Waals surface area contributed by atoms with Gasteiger partial charge in [-0.1, -0.05) is 18.2 Å². The molecule has 0 radical (unpaired) electrons. The Bertz CT molecular complexity index is 865. The molecule has 0 bridgehead atoms. The molecule has 2 aromatic rings. The maximum absolute atomic E-state index is 12.6. The maximum Gasteiger partial charge on any atom is 0.284 e. The van der Waals surface area contributed by atoms with Crippen molar-refractivity contribution >= 4 is 39.1 Å². The van der Waals surface area contributed by atoms with E-state index in [0.29, 0.717) is 30.4 Å². The first-order chi connectivity index (χ1) is 13.0. The molecule has 8 heteroatoms. The van der Waals surface area contributed by atoms with E-state index in [2.05, 4.69) is 21.2 Å². The first-order valence-corrected chi connectivity index (χ1v) is 9.34. The molecule has 0 spiro atoms. The highest BCUT2D eigenvalue weighted by atomic mass is 79.9. The number of halogens is 1. The molecule has 1 saturated heterocycles. The number of hydrogen-bond acceptors (Lipinski definition) is 4. The van der Waals surface area contributed by atoms with Crippen molar-refractivity contribution in [2.75, 3.05) is 18.4 Å². The Labute approximate surface area is 164 Å². The van der Waals surface area contributed by atoms with E-state index < -0.39 is 4.92 Å². The Hall–Kier alpha value is -2.74. The van der Waals surface area contributed by atoms with Crippen LogP contribution in [0.15, 0.2) is 53.0 Å². The SMILES string of the molecule is O=C(Nc1ccccc1)C1CCN(C(=O)c2ccc(Br)c([N+](=O)[O-])c2)CC1. The van der Waals surface area contributed by atoms with Gasteiger partial charge in [-0.25, -0.2) is 0 Å². The number of likely N-dealkylation sites (tertiary alicyclic amines) is 1. The third-order valence-corrected chi connectivity index (χ3v) is 5.25. The molecule has 1 aliphatic rings. The van der Waals surface area contributed by atoms with Crippen molar-refractivity contribution in [1.82, 2.24) is 4.90 Å². The van der Waals surface area contributed by atoms with Gasteiger partial charge in [-0.15, -0.1) is 0 Å². The van der Waals surface area contributed by atoms with Crippen LogP contribution in [0, 0.1) is 16.0 Å². The lowest BCUT2D eigenvalue weighted by Gasteiger charge is -2.31. The van der Waals surface area contributed by atoms with E-state index in [1.165, 1.54) is 12.1 Å². The highest BCUT2D eigenvalue weighted by Crippen LogP contribution is 2.27. The highest BCUT2D eigenvalue weighted by molar-refractivity contribution is 9.10. The zero-order valence-electron chi connectivity index (χ0n) is 14.4. The molecule has 1 fully saturated rings. The molecule has 0 unspecified atom stereocenters. The van der Waals surface area contributed by atoms with E-state index in [4.69, 9.17) is 0 Å². The Morgan fingerprint density at radius 2 is 1.78 bits per heavy atom. The van der Waals surface area contributed by atoms with Crippen LogP contribution in [0.4, 0.5) is 11.4 Å². The first kappa shape index (κ1) is 19.0. The summed E-state index contributed by atoms with van der Waals surface area (Å²) in [5, 5.41) is 13.9. The van der Waals surface area contributed by atoms with Gasteiger partial charge in [0.2, 0.25) is 5.91 Å². The van der Waals surface area contributed by atoms with Crippen LogP contribution in [-0.4, -0.2) is 34.7 Å². The largest absolute Gasteiger partial charge is 0.339 e. The zero-order valence-corrected chi connectivity index (χ0v) is 16.0. The molecule has 1 N–H and O–H groups in total. The van der Waals surface area contributed by atoms with Crippen LogP contribution >= 0.6 is 15.9 Å². The number of nitro groups is 1. The number of carbonyl (C=O) groups excluding carboxylic acids is 2. The molecule has 3 rings (SSSR count). The number of amides is 2. The number of anilines is 1. The van der Waals surface area contributed by atoms with E-state index in [1.807, 2.05) is 30.3 Å². The van der Waals surface area contributed by atoms with Gasteiger partial charge in [0, 0.05) is 36.3 Å². The van der Waals surface area contributed by atoms with Crippen LogP contribution in [0.2, 0.25) is 0 Å². The third kappa shape index (κ3) is 4.51. The minimum atomic E-state index is -0.527. The van der Waals surface area contributed by atoms with Crippen LogP contribution < -0.4 is 5.32 Å². The van der Waals surface area contributed by atoms with E-state index in [1.54, 1.807) is 11.0 Å². The van der Waals surface area contributed by atoms with Crippen LogP contribution in [0.25, 0.3) is 0 Å². The van der Waals surface area contributed by atoms with Crippen molar-refractivity contribution < 1.29 is 14.5 Å². The number of benzene rings is 2. The molecule has 0 aromatic heterocycles. The van der Waals surface area contributed by atoms with Gasteiger partial charge in [-0.3, -0.25) is 19.7 Å². The monoisotopic (exact) mass is 431 g/mol. The molecule has 0 saturated carbocycles. The number of nitro benzene ring substituents is 1. The van der Waals surface area contributed by atoms with Gasteiger partial charge in [0.25, 0.3) is 11.6 Å². The number of hydrogen-bond donors (Lipinski definition) is 1. The zero-order chi connectivity index (χ0) is 19.4. The second-order valence-electron chi connectivity index (χ2n) is 6.35. The minimum absolute atomic E-state index is 0.0485. The van der Waals surface area contributed by atoms with E-state index in [0.717, 1.165) is 5.69 Å². The molecule has 0 atom stereocenters. The van der Waals surface area contributed by atoms with Gasteiger partial charge in [0.05, 0.1) is 9.40 Å². The first-order valence-electron chi connectivity index (χ1n) is 8.55. The lowest BCUT2D eigenvalue weighted by Crippen LogP contribution is -2.41. The summed E-state index contributed by atoms with van der Waals surface area (Å²) in [6.45, 7) is 0.880. The van der Waals surface area contributed by atoms with Crippen molar-refractivity contribution in [3.05, 3.63) is 68.7 Å². The molecule has 1 heterocycles. The average Bonchev–Trinajstić information content (AvgIpc) is 2.68. The average molecular weight is 432 g/mol. The molecular weight excluding hydrogens is 414 g/mol. The Balaban J connectivity index is 1.60. The summed E-state index contributed by atoms with van der Waals surface area (Å²) in [7, 11) is 0. The Morgan fingerprint density at radius 3 is 2.41 bits per heavy atom. The molecule has 140 valence electrons. The van der Waals surface area contributed by atoms with Crippen LogP contribution in [0.3, 0.4) is 0 Å². The number of nitrogens with zero attached hydrogens (tertiary/aromatic N) is 2. The second kappa shape index (κ2) is 8.30. The summed E-state index contributed by atoms with van der Waals surface area (Å²) in [6, 6.07) is 13.6. The minimum Gasteiger partial charge on any atom is -0.339 e. The van der Waals surface area contributed by atoms with Crippen molar-refractivity contribution in [3.63, 3.8) is 0 Å². The lowest BCUT2D eigenvalue weighted by molar-refractivity contribution is -0.385. The molecule has 2 aromatic carbocycles. The smallest absolute Gasteiger partial charge is 0.284 e. The van der Waals surface area contributed by atoms with E-state index >= 15 is 0 Å². The van der Waals surface area contributed by atoms with Crippen molar-refractivity contribution in [2.24, 2.45) is 5.92 Å². The predicted octanol–water partition coefficient (Wildman–Crippen LogP) is 3.85. The fraction of sp³-hybridized carbons (Fsp3) is 0.263. The predicted molar refractivity (Wildman–Crippen MR) is 104 cm³/mol. The highest BCUT2D eigenvalue weighted by Gasteiger charge is 2.28. The third-order valence-electron chi connectivity index (χ3n) is 4.58. The van der Waals surface area contributed by atoms with Gasteiger partial charge < -0.3 is 10.2 Å². The van der Waals surface area contributed by atoms with Crippen LogP contribution in [0.1, 0.15) is 23.2 Å². The fourth-order valence-electron chi connectivity index (χ4n) is 3.08. The summed E-state index contributed by atoms with van der Waals surface area (Å²) in [5.41, 5.74) is 0.887. The van der Waals surface area contributed by atoms with Gasteiger partial charge >= 0.3 is 0 Å². The number of para-hydroxylation sites is 1. The summed E-state index contributed by atoms with van der Waals surface area (Å²) in [5.74, 6) is -0.464. The van der Waals surface area contributed by atoms with Gasteiger partial charge in [0.15, 0.2) is 0 Å². The van der Waals surface area contributed by atoms with Gasteiger partial charge in [-0.2, -0.15) is 0 Å². The maximum atomic E-state index is 12.6. The fourth-order valence-corrected chi connectivity index (χ4v) is 3.47. The van der Waals surface area contributed by atoms with Gasteiger partial charge in [-0.05, 0) is 53.0 Å². The number of carbonyl (C=O) groups is 2. The Morgan fingerprint density at radius 1 is 1.11 bits per heavy atom. The van der Waals surface area contributed by atoms with Crippen molar-refractivity contribution in [3.8, 4) is 0 Å². The number of nitrogens with one attached hydrogen (secondary N) is 1. The van der Waals surface area contributed by atoms with E-state index in [-0.39, 0.29) is 29.0 Å². The molecule has 1 aliphatic heterocycles. The summed E-state index contributed by atoms with van der Waals surface area (Å²) in [4.78, 5) is 37.2. The normalized spacial score (nSPS) is 14.6. The number of piperidine rings is 1. The quantitative estimate of drug-likeness (QED) is 0.587. The molecule has 7 nitrogen and oxygen atoms in total. The lowest BCUT2D eigenvalue weighted by atomic mass is 9.95. The standard InChI is InChI=1S/C19H18BrN3O4/c20-16-7-6-14(12-17(16)23(26)27)19(25)22-10-8-13(9-11-22)18(24)21-15-4-2-1-3-5-15/h1-7,12-13H,8-11H2,(H,21,24). The summed E-state index contributed by atoms with van der Waals surface area (Å²) >= 11 is 3.12. The molecular formula is C19H18BrN3O4. The van der Waals surface area contributed by atoms with Gasteiger partial charge in [0.1, 0.15) is 0 Å². The number of rotatable bonds is 4.